The second-order valence-corrected chi connectivity index (χ2v) is 13.8. The predicted octanol–water partition coefficient (Wildman–Crippen LogP) is 5.35. The number of nitrogens with zero attached hydrogens (tertiary/aromatic N) is 3. The lowest BCUT2D eigenvalue weighted by atomic mass is 9.94. The number of benzene rings is 2. The summed E-state index contributed by atoms with van der Waals surface area (Å²) < 4.78 is 40.3. The smallest absolute Gasteiger partial charge is 0.224 e. The molecule has 1 amide bonds. The van der Waals surface area contributed by atoms with Crippen molar-refractivity contribution in [2.45, 2.75) is 25.8 Å². The fourth-order valence-corrected chi connectivity index (χ4v) is 6.58. The van der Waals surface area contributed by atoms with Crippen molar-refractivity contribution in [2.24, 2.45) is 5.92 Å². The number of piperidine rings is 1. The van der Waals surface area contributed by atoms with Gasteiger partial charge in [0.15, 0.2) is 5.65 Å². The number of aromatic nitrogens is 5. The molecule has 6 aromatic rings. The number of rotatable bonds is 9. The molecule has 4 aromatic heterocycles. The van der Waals surface area contributed by atoms with Crippen molar-refractivity contribution in [1.82, 2.24) is 35.2 Å². The van der Waals surface area contributed by atoms with E-state index in [1.807, 2.05) is 36.4 Å². The Morgan fingerprint density at radius 3 is 2.64 bits per heavy atom. The molecule has 1 saturated heterocycles. The number of amides is 1. The minimum atomic E-state index is -3.43. The third-order valence-electron chi connectivity index (χ3n) is 8.44. The van der Waals surface area contributed by atoms with Gasteiger partial charge in [-0.25, -0.2) is 22.5 Å². The number of fused-ring (bicyclic) bond motifs is 2. The van der Waals surface area contributed by atoms with Crippen molar-refractivity contribution >= 4 is 43.6 Å². The molecule has 47 heavy (non-hydrogen) atoms. The lowest BCUT2D eigenvalue weighted by Crippen LogP contribution is -2.30. The van der Waals surface area contributed by atoms with E-state index in [2.05, 4.69) is 40.5 Å². The summed E-state index contributed by atoms with van der Waals surface area (Å²) in [7, 11) is -3.43. The van der Waals surface area contributed by atoms with Gasteiger partial charge >= 0.3 is 0 Å². The fourth-order valence-electron chi connectivity index (χ4n) is 6.15. The average molecular weight is 653 g/mol. The first kappa shape index (κ1) is 30.7. The van der Waals surface area contributed by atoms with Crippen LogP contribution in [-0.2, 0) is 21.4 Å². The SMILES string of the molecule is CS(=O)(=O)NCc1cc(F)cc(-c2cccc3[nH]c(-c4[nH]nc5ncc(-c6cncc(NC(=O)CC7CCNCC7)c6)cc45)cc23)c1. The van der Waals surface area contributed by atoms with Crippen LogP contribution in [0.5, 0.6) is 0 Å². The summed E-state index contributed by atoms with van der Waals surface area (Å²) in [4.78, 5) is 25.1. The van der Waals surface area contributed by atoms with E-state index in [1.165, 1.54) is 12.1 Å². The number of pyridine rings is 2. The largest absolute Gasteiger partial charge is 0.353 e. The van der Waals surface area contributed by atoms with Gasteiger partial charge in [0, 0.05) is 52.8 Å². The third-order valence-corrected chi connectivity index (χ3v) is 9.11. The Labute approximate surface area is 270 Å². The van der Waals surface area contributed by atoms with Crippen molar-refractivity contribution in [2.75, 3.05) is 24.7 Å². The highest BCUT2D eigenvalue weighted by atomic mass is 32.2. The first-order valence-electron chi connectivity index (χ1n) is 15.4. The fraction of sp³-hybridized carbons (Fsp3) is 0.235. The van der Waals surface area contributed by atoms with Crippen LogP contribution in [0.15, 0.2) is 73.2 Å². The molecule has 0 radical (unpaired) electrons. The van der Waals surface area contributed by atoms with Crippen molar-refractivity contribution in [3.63, 3.8) is 0 Å². The van der Waals surface area contributed by atoms with Crippen molar-refractivity contribution in [3.05, 3.63) is 84.6 Å². The number of hydrogen-bond donors (Lipinski definition) is 5. The molecule has 240 valence electrons. The molecule has 0 atom stereocenters. The molecule has 5 N–H and O–H groups in total. The van der Waals surface area contributed by atoms with Crippen LogP contribution < -0.4 is 15.4 Å². The van der Waals surface area contributed by atoms with Crippen LogP contribution in [0.4, 0.5) is 10.1 Å². The molecular weight excluding hydrogens is 619 g/mol. The summed E-state index contributed by atoms with van der Waals surface area (Å²) >= 11 is 0. The van der Waals surface area contributed by atoms with Gasteiger partial charge in [0.05, 0.1) is 29.5 Å². The van der Waals surface area contributed by atoms with Gasteiger partial charge in [-0.15, -0.1) is 0 Å². The first-order valence-corrected chi connectivity index (χ1v) is 17.2. The second-order valence-electron chi connectivity index (χ2n) is 12.0. The van der Waals surface area contributed by atoms with Crippen LogP contribution in [0, 0.1) is 11.7 Å². The minimum absolute atomic E-state index is 0.0141. The molecule has 0 saturated carbocycles. The number of aromatic amines is 2. The Morgan fingerprint density at radius 1 is 0.979 bits per heavy atom. The molecule has 0 aliphatic carbocycles. The number of halogens is 1. The number of anilines is 1. The molecule has 0 bridgehead atoms. The molecule has 5 heterocycles. The standard InChI is InChI=1S/C34H33FN8O3S/c1-47(45,46)39-16-21-9-22(12-25(35)10-21)27-3-2-4-30-28(27)15-31(41-30)33-29-14-24(18-38-34(29)43-42-33)23-13-26(19-37-17-23)40-32(44)11-20-5-7-36-8-6-20/h2-4,9-10,12-15,17-20,36,39,41H,5-8,11,16H2,1H3,(H,40,44)(H,38,42,43). The molecule has 1 aliphatic heterocycles. The van der Waals surface area contributed by atoms with Crippen LogP contribution in [0.2, 0.25) is 0 Å². The molecular formula is C34H33FN8O3S. The summed E-state index contributed by atoms with van der Waals surface area (Å²) in [6.45, 7) is 1.87. The van der Waals surface area contributed by atoms with Crippen molar-refractivity contribution in [3.8, 4) is 33.6 Å². The first-order chi connectivity index (χ1) is 22.7. The number of hydrogen-bond acceptors (Lipinski definition) is 7. The number of carbonyl (C=O) groups is 1. The second kappa shape index (κ2) is 12.7. The molecule has 11 nitrogen and oxygen atoms in total. The van der Waals surface area contributed by atoms with E-state index in [-0.39, 0.29) is 12.5 Å². The summed E-state index contributed by atoms with van der Waals surface area (Å²) in [6, 6.07) is 16.1. The van der Waals surface area contributed by atoms with E-state index in [4.69, 9.17) is 0 Å². The van der Waals surface area contributed by atoms with Gasteiger partial charge in [-0.3, -0.25) is 14.9 Å². The highest BCUT2D eigenvalue weighted by Gasteiger charge is 2.18. The number of sulfonamides is 1. The van der Waals surface area contributed by atoms with Crippen molar-refractivity contribution in [1.29, 1.82) is 0 Å². The maximum absolute atomic E-state index is 14.7. The highest BCUT2D eigenvalue weighted by Crippen LogP contribution is 2.35. The zero-order valence-electron chi connectivity index (χ0n) is 25.6. The van der Waals surface area contributed by atoms with Crippen LogP contribution in [0.3, 0.4) is 0 Å². The van der Waals surface area contributed by atoms with E-state index in [0.29, 0.717) is 34.8 Å². The van der Waals surface area contributed by atoms with Gasteiger partial charge < -0.3 is 15.6 Å². The van der Waals surface area contributed by atoms with E-state index in [0.717, 1.165) is 76.6 Å². The summed E-state index contributed by atoms with van der Waals surface area (Å²) in [6.07, 6.45) is 8.67. The van der Waals surface area contributed by atoms with Gasteiger partial charge in [0.2, 0.25) is 15.9 Å². The molecule has 1 aliphatic rings. The predicted molar refractivity (Wildman–Crippen MR) is 180 cm³/mol. The normalized spacial score (nSPS) is 14.2. The lowest BCUT2D eigenvalue weighted by molar-refractivity contribution is -0.117. The van der Waals surface area contributed by atoms with Gasteiger partial charge in [-0.2, -0.15) is 5.10 Å². The highest BCUT2D eigenvalue weighted by molar-refractivity contribution is 7.88. The van der Waals surface area contributed by atoms with Crippen LogP contribution in [0.1, 0.15) is 24.8 Å². The average Bonchev–Trinajstić information content (AvgIpc) is 3.68. The number of carbonyl (C=O) groups excluding carboxylic acids is 1. The van der Waals surface area contributed by atoms with E-state index in [9.17, 15) is 17.6 Å². The Hall–Kier alpha value is -4.98. The maximum Gasteiger partial charge on any atom is 0.224 e. The quantitative estimate of drug-likeness (QED) is 0.141. The Morgan fingerprint density at radius 2 is 1.81 bits per heavy atom. The Balaban J connectivity index is 1.18. The molecule has 13 heteroatoms. The van der Waals surface area contributed by atoms with E-state index >= 15 is 0 Å². The molecule has 7 rings (SSSR count). The monoisotopic (exact) mass is 652 g/mol. The van der Waals surface area contributed by atoms with Gasteiger partial charge in [-0.1, -0.05) is 12.1 Å². The van der Waals surface area contributed by atoms with Gasteiger partial charge in [0.1, 0.15) is 5.82 Å². The molecule has 1 fully saturated rings. The Kier molecular flexibility index (Phi) is 8.26. The van der Waals surface area contributed by atoms with Crippen LogP contribution >= 0.6 is 0 Å². The van der Waals surface area contributed by atoms with Gasteiger partial charge in [0.25, 0.3) is 0 Å². The number of H-pyrrole nitrogens is 2. The zero-order valence-corrected chi connectivity index (χ0v) is 26.4. The molecule has 2 aromatic carbocycles. The van der Waals surface area contributed by atoms with Crippen LogP contribution in [0.25, 0.3) is 55.6 Å². The minimum Gasteiger partial charge on any atom is -0.353 e. The van der Waals surface area contributed by atoms with Crippen molar-refractivity contribution < 1.29 is 17.6 Å². The summed E-state index contributed by atoms with van der Waals surface area (Å²) in [5.41, 5.74) is 7.04. The third kappa shape index (κ3) is 6.92. The maximum atomic E-state index is 14.7. The lowest BCUT2D eigenvalue weighted by Gasteiger charge is -2.21. The van der Waals surface area contributed by atoms with Gasteiger partial charge in [-0.05, 0) is 91.0 Å². The summed E-state index contributed by atoms with van der Waals surface area (Å²) in [5, 5.41) is 15.5. The zero-order chi connectivity index (χ0) is 32.5. The molecule has 0 unspecified atom stereocenters. The van der Waals surface area contributed by atoms with E-state index < -0.39 is 15.8 Å². The van der Waals surface area contributed by atoms with E-state index in [1.54, 1.807) is 24.7 Å². The van der Waals surface area contributed by atoms with Crippen LogP contribution in [-0.4, -0.2) is 58.8 Å². The molecule has 0 spiro atoms. The Bertz CT molecular complexity index is 2220. The number of nitrogens with one attached hydrogen (secondary N) is 5. The topological polar surface area (TPSA) is 158 Å². The summed E-state index contributed by atoms with van der Waals surface area (Å²) in [5.74, 6) is -0.0896.